The van der Waals surface area contributed by atoms with Crippen molar-refractivity contribution < 1.29 is 9.53 Å². The fourth-order valence-electron chi connectivity index (χ4n) is 3.54. The molecule has 0 heterocycles. The van der Waals surface area contributed by atoms with Crippen molar-refractivity contribution in [3.63, 3.8) is 0 Å². The number of rotatable bonds is 6. The molecule has 0 spiro atoms. The molecule has 0 saturated heterocycles. The van der Waals surface area contributed by atoms with Crippen LogP contribution in [0.2, 0.25) is 0 Å². The summed E-state index contributed by atoms with van der Waals surface area (Å²) in [5.74, 6) is 1.58. The van der Waals surface area contributed by atoms with Crippen molar-refractivity contribution in [1.29, 1.82) is 0 Å². The molecule has 134 valence electrons. The van der Waals surface area contributed by atoms with E-state index in [4.69, 9.17) is 4.74 Å². The Labute approximate surface area is 142 Å². The molecule has 1 N–H and O–H groups in total. The van der Waals surface area contributed by atoms with E-state index in [9.17, 15) is 4.79 Å². The molecule has 0 aliphatic heterocycles. The molecule has 2 rings (SSSR count). The molecule has 2 aliphatic rings. The van der Waals surface area contributed by atoms with Gasteiger partial charge in [-0.1, -0.05) is 26.7 Å². The summed E-state index contributed by atoms with van der Waals surface area (Å²) in [4.78, 5) is 14.3. The lowest BCUT2D eigenvalue weighted by Gasteiger charge is -2.35. The monoisotopic (exact) mass is 324 g/mol. The summed E-state index contributed by atoms with van der Waals surface area (Å²) in [6.45, 7) is 12.3. The zero-order valence-corrected chi connectivity index (χ0v) is 15.7. The average molecular weight is 325 g/mol. The van der Waals surface area contributed by atoms with Gasteiger partial charge in [0.15, 0.2) is 0 Å². The van der Waals surface area contributed by atoms with Gasteiger partial charge in [-0.2, -0.15) is 0 Å². The lowest BCUT2D eigenvalue weighted by Crippen LogP contribution is -2.43. The van der Waals surface area contributed by atoms with Crippen molar-refractivity contribution in [1.82, 2.24) is 10.2 Å². The van der Waals surface area contributed by atoms with Gasteiger partial charge in [-0.3, -0.25) is 0 Å². The highest BCUT2D eigenvalue weighted by atomic mass is 16.6. The first-order valence-corrected chi connectivity index (χ1v) is 9.51. The van der Waals surface area contributed by atoms with Gasteiger partial charge < -0.3 is 15.0 Å². The predicted octanol–water partition coefficient (Wildman–Crippen LogP) is 4.19. The third kappa shape index (κ3) is 5.98. The molecule has 0 aromatic rings. The van der Waals surface area contributed by atoms with Crippen molar-refractivity contribution in [3.8, 4) is 0 Å². The fraction of sp³-hybridized carbons (Fsp3) is 0.947. The molecule has 1 amide bonds. The van der Waals surface area contributed by atoms with Crippen molar-refractivity contribution in [2.45, 2.75) is 90.8 Å². The van der Waals surface area contributed by atoms with Gasteiger partial charge in [-0.15, -0.1) is 0 Å². The van der Waals surface area contributed by atoms with Crippen LogP contribution in [0.15, 0.2) is 0 Å². The second kappa shape index (κ2) is 7.87. The summed E-state index contributed by atoms with van der Waals surface area (Å²) >= 11 is 0. The number of amides is 1. The first-order chi connectivity index (χ1) is 10.8. The van der Waals surface area contributed by atoms with E-state index in [0.717, 1.165) is 44.2 Å². The summed E-state index contributed by atoms with van der Waals surface area (Å²) in [5.41, 5.74) is -0.407. The zero-order chi connectivity index (χ0) is 17.0. The Bertz CT molecular complexity index is 387. The SMILES string of the molecule is CC1CCCC(NCCCN(C(=O)OC(C)(C)C)C2CC2)C1C. The largest absolute Gasteiger partial charge is 0.444 e. The zero-order valence-electron chi connectivity index (χ0n) is 15.7. The van der Waals surface area contributed by atoms with Crippen LogP contribution in [0.5, 0.6) is 0 Å². The maximum Gasteiger partial charge on any atom is 0.410 e. The first kappa shape index (κ1) is 18.6. The Kier molecular flexibility index (Phi) is 6.35. The number of ether oxygens (including phenoxy) is 1. The predicted molar refractivity (Wildman–Crippen MR) is 94.5 cm³/mol. The van der Waals surface area contributed by atoms with Gasteiger partial charge in [-0.05, 0) is 64.8 Å². The highest BCUT2D eigenvalue weighted by Crippen LogP contribution is 2.30. The van der Waals surface area contributed by atoms with Crippen LogP contribution in [-0.2, 0) is 4.74 Å². The minimum Gasteiger partial charge on any atom is -0.444 e. The Morgan fingerprint density at radius 2 is 1.87 bits per heavy atom. The van der Waals surface area contributed by atoms with E-state index in [2.05, 4.69) is 19.2 Å². The van der Waals surface area contributed by atoms with Crippen LogP contribution < -0.4 is 5.32 Å². The molecule has 23 heavy (non-hydrogen) atoms. The average Bonchev–Trinajstić information content (AvgIpc) is 3.25. The number of nitrogens with zero attached hydrogens (tertiary/aromatic N) is 1. The highest BCUT2D eigenvalue weighted by Gasteiger charge is 2.35. The summed E-state index contributed by atoms with van der Waals surface area (Å²) in [6, 6.07) is 1.06. The van der Waals surface area contributed by atoms with Crippen LogP contribution in [0, 0.1) is 11.8 Å². The molecule has 2 saturated carbocycles. The Balaban J connectivity index is 1.71. The van der Waals surface area contributed by atoms with E-state index in [1.54, 1.807) is 0 Å². The van der Waals surface area contributed by atoms with Gasteiger partial charge in [0.25, 0.3) is 0 Å². The third-order valence-corrected chi connectivity index (χ3v) is 5.30. The van der Waals surface area contributed by atoms with E-state index in [1.165, 1.54) is 19.3 Å². The Morgan fingerprint density at radius 1 is 1.17 bits per heavy atom. The van der Waals surface area contributed by atoms with Gasteiger partial charge in [0.1, 0.15) is 5.60 Å². The lowest BCUT2D eigenvalue weighted by molar-refractivity contribution is 0.0231. The molecule has 2 fully saturated rings. The van der Waals surface area contributed by atoms with Crippen LogP contribution in [0.4, 0.5) is 4.79 Å². The lowest BCUT2D eigenvalue weighted by atomic mass is 9.78. The molecule has 0 aromatic carbocycles. The molecule has 0 bridgehead atoms. The highest BCUT2D eigenvalue weighted by molar-refractivity contribution is 5.69. The maximum atomic E-state index is 12.3. The number of carbonyl (C=O) groups is 1. The van der Waals surface area contributed by atoms with Gasteiger partial charge in [0, 0.05) is 18.6 Å². The number of nitrogens with one attached hydrogen (secondary N) is 1. The number of hydrogen-bond acceptors (Lipinski definition) is 3. The van der Waals surface area contributed by atoms with Crippen LogP contribution >= 0.6 is 0 Å². The Hall–Kier alpha value is -0.770. The quantitative estimate of drug-likeness (QED) is 0.745. The van der Waals surface area contributed by atoms with Crippen LogP contribution in [0.3, 0.4) is 0 Å². The summed E-state index contributed by atoms with van der Waals surface area (Å²) in [7, 11) is 0. The summed E-state index contributed by atoms with van der Waals surface area (Å²) < 4.78 is 5.55. The second-order valence-electron chi connectivity index (χ2n) is 8.59. The number of carbonyl (C=O) groups excluding carboxylic acids is 1. The second-order valence-corrected chi connectivity index (χ2v) is 8.59. The smallest absolute Gasteiger partial charge is 0.410 e. The van der Waals surface area contributed by atoms with Crippen molar-refractivity contribution in [2.75, 3.05) is 13.1 Å². The number of hydrogen-bond donors (Lipinski definition) is 1. The van der Waals surface area contributed by atoms with Crippen LogP contribution in [0.1, 0.15) is 73.1 Å². The standard InChI is InChI=1S/C19H36N2O2/c1-14-8-6-9-17(15(14)2)20-12-7-13-21(16-10-11-16)18(22)23-19(3,4)5/h14-17,20H,6-13H2,1-5H3. The fourth-order valence-corrected chi connectivity index (χ4v) is 3.54. The molecular weight excluding hydrogens is 288 g/mol. The molecule has 0 radical (unpaired) electrons. The van der Waals surface area contributed by atoms with Gasteiger partial charge >= 0.3 is 6.09 Å². The third-order valence-electron chi connectivity index (χ3n) is 5.30. The normalized spacial score (nSPS) is 28.5. The van der Waals surface area contributed by atoms with Crippen LogP contribution in [-0.4, -0.2) is 41.8 Å². The molecule has 3 unspecified atom stereocenters. The van der Waals surface area contributed by atoms with Crippen molar-refractivity contribution in [3.05, 3.63) is 0 Å². The maximum absolute atomic E-state index is 12.3. The van der Waals surface area contributed by atoms with E-state index >= 15 is 0 Å². The summed E-state index contributed by atoms with van der Waals surface area (Å²) in [6.07, 6.45) is 7.13. The topological polar surface area (TPSA) is 41.6 Å². The molecular formula is C19H36N2O2. The molecule has 3 atom stereocenters. The van der Waals surface area contributed by atoms with E-state index in [-0.39, 0.29) is 6.09 Å². The van der Waals surface area contributed by atoms with E-state index < -0.39 is 5.60 Å². The van der Waals surface area contributed by atoms with Gasteiger partial charge in [-0.25, -0.2) is 4.79 Å². The first-order valence-electron chi connectivity index (χ1n) is 9.51. The van der Waals surface area contributed by atoms with Gasteiger partial charge in [0.2, 0.25) is 0 Å². The molecule has 4 heteroatoms. The Morgan fingerprint density at radius 3 is 2.48 bits per heavy atom. The van der Waals surface area contributed by atoms with Gasteiger partial charge in [0.05, 0.1) is 0 Å². The summed E-state index contributed by atoms with van der Waals surface area (Å²) in [5, 5.41) is 3.72. The minimum absolute atomic E-state index is 0.139. The molecule has 0 aromatic heterocycles. The van der Waals surface area contributed by atoms with Crippen LogP contribution in [0.25, 0.3) is 0 Å². The van der Waals surface area contributed by atoms with Crippen molar-refractivity contribution in [2.24, 2.45) is 11.8 Å². The van der Waals surface area contributed by atoms with Crippen molar-refractivity contribution >= 4 is 6.09 Å². The molecule has 2 aliphatic carbocycles. The molecule has 4 nitrogen and oxygen atoms in total. The van der Waals surface area contributed by atoms with E-state index in [1.807, 2.05) is 25.7 Å². The minimum atomic E-state index is -0.407. The van der Waals surface area contributed by atoms with E-state index in [0.29, 0.717) is 12.1 Å².